The van der Waals surface area contributed by atoms with Crippen LogP contribution < -0.4 is 10.6 Å². The van der Waals surface area contributed by atoms with Gasteiger partial charge in [-0.3, -0.25) is 14.5 Å². The fourth-order valence-electron chi connectivity index (χ4n) is 3.89. The molecule has 0 aliphatic carbocycles. The molecule has 4 aromatic rings. The predicted octanol–water partition coefficient (Wildman–Crippen LogP) is 2.22. The third-order valence-electron chi connectivity index (χ3n) is 5.65. The summed E-state index contributed by atoms with van der Waals surface area (Å²) in [7, 11) is 0. The lowest BCUT2D eigenvalue weighted by Gasteiger charge is -2.22. The Morgan fingerprint density at radius 2 is 1.85 bits per heavy atom. The second kappa shape index (κ2) is 7.83. The van der Waals surface area contributed by atoms with Crippen LogP contribution in [0.2, 0.25) is 0 Å². The average Bonchev–Trinajstić information content (AvgIpc) is 3.43. The minimum absolute atomic E-state index is 0.414. The van der Waals surface area contributed by atoms with Crippen LogP contribution in [0.3, 0.4) is 0 Å². The maximum absolute atomic E-state index is 13.2. The van der Waals surface area contributed by atoms with Crippen LogP contribution in [0.5, 0.6) is 0 Å². The Labute approximate surface area is 188 Å². The van der Waals surface area contributed by atoms with Crippen LogP contribution in [-0.2, 0) is 15.1 Å². The van der Waals surface area contributed by atoms with Crippen LogP contribution >= 0.6 is 0 Å². The van der Waals surface area contributed by atoms with Gasteiger partial charge in [0, 0.05) is 5.69 Å². The van der Waals surface area contributed by atoms with E-state index in [1.165, 1.54) is 11.0 Å². The van der Waals surface area contributed by atoms with Crippen molar-refractivity contribution in [2.75, 3.05) is 11.9 Å². The van der Waals surface area contributed by atoms with Crippen molar-refractivity contribution in [1.82, 2.24) is 30.4 Å². The second-order valence-electron chi connectivity index (χ2n) is 7.86. The van der Waals surface area contributed by atoms with E-state index >= 15 is 0 Å². The molecule has 0 spiro atoms. The summed E-state index contributed by atoms with van der Waals surface area (Å²) in [5, 5.41) is 18.4. The molecule has 1 aromatic heterocycles. The Balaban J connectivity index is 1.33. The lowest BCUT2D eigenvalue weighted by molar-refractivity contribution is -0.133. The van der Waals surface area contributed by atoms with Crippen LogP contribution in [0, 0.1) is 0 Å². The highest BCUT2D eigenvalue weighted by molar-refractivity contribution is 6.10. The number of benzene rings is 3. The zero-order chi connectivity index (χ0) is 23.0. The Kier molecular flexibility index (Phi) is 4.82. The van der Waals surface area contributed by atoms with Gasteiger partial charge in [0.1, 0.15) is 18.4 Å². The second-order valence-corrected chi connectivity index (χ2v) is 7.86. The number of nitrogens with one attached hydrogen (secondary N) is 2. The Morgan fingerprint density at radius 1 is 1.03 bits per heavy atom. The van der Waals surface area contributed by atoms with Gasteiger partial charge < -0.3 is 10.6 Å². The molecule has 1 fully saturated rings. The van der Waals surface area contributed by atoms with E-state index in [2.05, 4.69) is 26.2 Å². The molecule has 33 heavy (non-hydrogen) atoms. The van der Waals surface area contributed by atoms with E-state index < -0.39 is 29.9 Å². The number of hydrogen-bond donors (Lipinski definition) is 2. The largest absolute Gasteiger partial charge is 0.325 e. The summed E-state index contributed by atoms with van der Waals surface area (Å²) >= 11 is 0. The van der Waals surface area contributed by atoms with E-state index in [1.807, 2.05) is 42.5 Å². The molecule has 1 aliphatic heterocycles. The quantitative estimate of drug-likeness (QED) is 0.458. The number of aromatic nitrogens is 4. The summed E-state index contributed by atoms with van der Waals surface area (Å²) in [5.41, 5.74) is 0.520. The number of hydrogen-bond acceptors (Lipinski definition) is 6. The molecule has 0 bridgehead atoms. The van der Waals surface area contributed by atoms with Crippen molar-refractivity contribution >= 4 is 34.3 Å². The molecule has 10 heteroatoms. The molecule has 4 amide bonds. The van der Waals surface area contributed by atoms with E-state index in [4.69, 9.17) is 0 Å². The van der Waals surface area contributed by atoms with Crippen molar-refractivity contribution in [2.45, 2.75) is 12.5 Å². The number of carbonyl (C=O) groups is 3. The van der Waals surface area contributed by atoms with Crippen molar-refractivity contribution < 1.29 is 14.4 Å². The lowest BCUT2D eigenvalue weighted by atomic mass is 9.90. The molecular weight excluding hydrogens is 422 g/mol. The Hall–Kier alpha value is -4.60. The fraction of sp³-hybridized carbons (Fsp3) is 0.130. The molecular formula is C23H19N7O3. The molecule has 2 heterocycles. The van der Waals surface area contributed by atoms with Gasteiger partial charge in [-0.05, 0) is 58.0 Å². The highest BCUT2D eigenvalue weighted by Crippen LogP contribution is 2.31. The molecule has 1 unspecified atom stereocenters. The number of amides is 4. The van der Waals surface area contributed by atoms with E-state index in [0.29, 0.717) is 16.9 Å². The summed E-state index contributed by atoms with van der Waals surface area (Å²) in [5.74, 6) is -0.990. The standard InChI is InChI=1S/C23H19N7O3/c1-23(17-10-9-15-5-2-3-6-16(15)11-17)21(32)29(22(33)26-23)13-20(31)25-18-7-4-8-19(12-18)30-14-24-27-28-30/h2-12,14H,13H2,1H3,(H,25,31)(H,26,33). The molecule has 3 aromatic carbocycles. The first-order chi connectivity index (χ1) is 15.9. The SMILES string of the molecule is CC1(c2ccc3ccccc3c2)NC(=O)N(CC(=O)Nc2cccc(-n3cnnn3)c2)C1=O. The maximum Gasteiger partial charge on any atom is 0.325 e. The van der Waals surface area contributed by atoms with Gasteiger partial charge >= 0.3 is 6.03 Å². The Morgan fingerprint density at radius 3 is 2.64 bits per heavy atom. The summed E-state index contributed by atoms with van der Waals surface area (Å²) in [6.07, 6.45) is 1.43. The normalized spacial score (nSPS) is 17.9. The van der Waals surface area contributed by atoms with Crippen molar-refractivity contribution in [1.29, 1.82) is 0 Å². The number of anilines is 1. The zero-order valence-electron chi connectivity index (χ0n) is 17.6. The number of tetrazole rings is 1. The van der Waals surface area contributed by atoms with E-state index in [0.717, 1.165) is 15.7 Å². The predicted molar refractivity (Wildman–Crippen MR) is 119 cm³/mol. The van der Waals surface area contributed by atoms with Gasteiger partial charge in [0.05, 0.1) is 5.69 Å². The van der Waals surface area contributed by atoms with E-state index in [-0.39, 0.29) is 0 Å². The third kappa shape index (κ3) is 3.67. The van der Waals surface area contributed by atoms with Crippen molar-refractivity contribution in [3.63, 3.8) is 0 Å². The number of fused-ring (bicyclic) bond motifs is 1. The van der Waals surface area contributed by atoms with E-state index in [1.54, 1.807) is 31.2 Å². The number of rotatable bonds is 5. The van der Waals surface area contributed by atoms with E-state index in [9.17, 15) is 14.4 Å². The molecule has 1 atom stereocenters. The average molecular weight is 441 g/mol. The summed E-state index contributed by atoms with van der Waals surface area (Å²) < 4.78 is 1.45. The van der Waals surface area contributed by atoms with Crippen molar-refractivity contribution in [2.24, 2.45) is 0 Å². The molecule has 1 saturated heterocycles. The van der Waals surface area contributed by atoms with Crippen LogP contribution in [0.15, 0.2) is 73.1 Å². The number of imide groups is 1. The zero-order valence-corrected chi connectivity index (χ0v) is 17.6. The van der Waals surface area contributed by atoms with Crippen LogP contribution in [0.25, 0.3) is 16.5 Å². The highest BCUT2D eigenvalue weighted by Gasteiger charge is 2.49. The Bertz CT molecular complexity index is 1390. The topological polar surface area (TPSA) is 122 Å². The molecule has 0 saturated carbocycles. The number of urea groups is 1. The lowest BCUT2D eigenvalue weighted by Crippen LogP contribution is -2.42. The van der Waals surface area contributed by atoms with Gasteiger partial charge in [-0.25, -0.2) is 9.48 Å². The van der Waals surface area contributed by atoms with Gasteiger partial charge in [0.15, 0.2) is 0 Å². The van der Waals surface area contributed by atoms with Crippen molar-refractivity contribution in [3.8, 4) is 5.69 Å². The minimum atomic E-state index is -1.26. The van der Waals surface area contributed by atoms with Gasteiger partial charge in [-0.2, -0.15) is 0 Å². The minimum Gasteiger partial charge on any atom is -0.324 e. The number of carbonyl (C=O) groups excluding carboxylic acids is 3. The van der Waals surface area contributed by atoms with Crippen LogP contribution in [-0.4, -0.2) is 49.5 Å². The monoisotopic (exact) mass is 441 g/mol. The first kappa shape index (κ1) is 20.3. The van der Waals surface area contributed by atoms with Gasteiger partial charge in [0.2, 0.25) is 5.91 Å². The van der Waals surface area contributed by atoms with Gasteiger partial charge in [0.25, 0.3) is 5.91 Å². The highest BCUT2D eigenvalue weighted by atomic mass is 16.2. The van der Waals surface area contributed by atoms with Gasteiger partial charge in [-0.15, -0.1) is 5.10 Å². The maximum atomic E-state index is 13.2. The third-order valence-corrected chi connectivity index (χ3v) is 5.65. The molecule has 10 nitrogen and oxygen atoms in total. The summed E-state index contributed by atoms with van der Waals surface area (Å²) in [4.78, 5) is 39.4. The van der Waals surface area contributed by atoms with Crippen LogP contribution in [0.1, 0.15) is 12.5 Å². The molecule has 164 valence electrons. The van der Waals surface area contributed by atoms with Crippen molar-refractivity contribution in [3.05, 3.63) is 78.6 Å². The molecule has 5 rings (SSSR count). The molecule has 0 radical (unpaired) electrons. The van der Waals surface area contributed by atoms with Crippen LogP contribution in [0.4, 0.5) is 10.5 Å². The van der Waals surface area contributed by atoms with Gasteiger partial charge in [-0.1, -0.05) is 42.5 Å². The fourth-order valence-corrected chi connectivity index (χ4v) is 3.89. The molecule has 2 N–H and O–H groups in total. The molecule has 1 aliphatic rings. The summed E-state index contributed by atoms with van der Waals surface area (Å²) in [6, 6.07) is 19.6. The number of nitrogens with zero attached hydrogens (tertiary/aromatic N) is 5. The first-order valence-electron chi connectivity index (χ1n) is 10.2. The summed E-state index contributed by atoms with van der Waals surface area (Å²) in [6.45, 7) is 1.23. The first-order valence-corrected chi connectivity index (χ1v) is 10.2. The smallest absolute Gasteiger partial charge is 0.324 e.